The van der Waals surface area contributed by atoms with Gasteiger partial charge < -0.3 is 10.2 Å². The molecular weight excluding hydrogens is 252 g/mol. The van der Waals surface area contributed by atoms with Gasteiger partial charge in [-0.2, -0.15) is 0 Å². The molecule has 0 spiro atoms. The molecule has 0 amide bonds. The maximum absolute atomic E-state index is 11.2. The second-order valence-electron chi connectivity index (χ2n) is 5.45. The molecule has 0 saturated carbocycles. The molecule has 0 aliphatic carbocycles. The molecule has 1 aromatic rings. The first-order valence-electron chi connectivity index (χ1n) is 7.58. The van der Waals surface area contributed by atoms with Crippen LogP contribution in [0.5, 0.6) is 5.75 Å². The van der Waals surface area contributed by atoms with E-state index in [-0.39, 0.29) is 0 Å². The van der Waals surface area contributed by atoms with Crippen LogP contribution < -0.4 is 0 Å². The van der Waals surface area contributed by atoms with Crippen molar-refractivity contribution < 1.29 is 15.0 Å². The van der Waals surface area contributed by atoms with Crippen LogP contribution >= 0.6 is 0 Å². The Kier molecular flexibility index (Phi) is 6.56. The molecule has 0 heterocycles. The normalized spacial score (nSPS) is 12.3. The quantitative estimate of drug-likeness (QED) is 0.746. The average molecular weight is 278 g/mol. The zero-order valence-electron chi connectivity index (χ0n) is 12.8. The van der Waals surface area contributed by atoms with Crippen LogP contribution in [0.1, 0.15) is 69.1 Å². The number of carboxylic acid groups (broad SMARTS) is 1. The molecule has 0 aliphatic rings. The number of carboxylic acids is 1. The van der Waals surface area contributed by atoms with Crippen molar-refractivity contribution in [3.8, 4) is 5.75 Å². The van der Waals surface area contributed by atoms with E-state index in [2.05, 4.69) is 13.8 Å². The Morgan fingerprint density at radius 3 is 1.90 bits per heavy atom. The monoisotopic (exact) mass is 278 g/mol. The SMILES string of the molecule is CCCCc1cc(C(C)C(=O)O)cc(CCCC)c1O. The first kappa shape index (κ1) is 16.5. The number of unbranched alkanes of at least 4 members (excludes halogenated alkanes) is 2. The van der Waals surface area contributed by atoms with Gasteiger partial charge in [-0.05, 0) is 49.3 Å². The Morgan fingerprint density at radius 2 is 1.55 bits per heavy atom. The summed E-state index contributed by atoms with van der Waals surface area (Å²) in [6.07, 6.45) is 5.74. The number of phenols is 1. The van der Waals surface area contributed by atoms with E-state index in [1.807, 2.05) is 12.1 Å². The third-order valence-corrected chi connectivity index (χ3v) is 3.76. The minimum atomic E-state index is -0.821. The van der Waals surface area contributed by atoms with E-state index >= 15 is 0 Å². The Morgan fingerprint density at radius 1 is 1.10 bits per heavy atom. The van der Waals surface area contributed by atoms with Gasteiger partial charge in [0.2, 0.25) is 0 Å². The summed E-state index contributed by atoms with van der Waals surface area (Å²) in [5, 5.41) is 19.5. The Labute approximate surface area is 121 Å². The zero-order chi connectivity index (χ0) is 15.1. The number of aromatic hydroxyl groups is 1. The topological polar surface area (TPSA) is 57.5 Å². The number of aryl methyl sites for hydroxylation is 2. The number of rotatable bonds is 8. The van der Waals surface area contributed by atoms with Crippen LogP contribution in [0.3, 0.4) is 0 Å². The highest BCUT2D eigenvalue weighted by molar-refractivity contribution is 5.76. The Balaban J connectivity index is 3.14. The minimum absolute atomic E-state index is 0.369. The van der Waals surface area contributed by atoms with Crippen LogP contribution in [0.4, 0.5) is 0 Å². The van der Waals surface area contributed by atoms with E-state index in [1.165, 1.54) is 0 Å². The van der Waals surface area contributed by atoms with Crippen molar-refractivity contribution in [3.05, 3.63) is 28.8 Å². The van der Waals surface area contributed by atoms with Gasteiger partial charge in [0.15, 0.2) is 0 Å². The molecule has 0 saturated heterocycles. The smallest absolute Gasteiger partial charge is 0.310 e. The molecule has 0 aliphatic heterocycles. The predicted molar refractivity (Wildman–Crippen MR) is 81.4 cm³/mol. The fraction of sp³-hybridized carbons (Fsp3) is 0.588. The van der Waals surface area contributed by atoms with E-state index in [1.54, 1.807) is 6.92 Å². The van der Waals surface area contributed by atoms with Crippen LogP contribution in [-0.2, 0) is 17.6 Å². The van der Waals surface area contributed by atoms with Crippen molar-refractivity contribution in [1.82, 2.24) is 0 Å². The lowest BCUT2D eigenvalue weighted by Gasteiger charge is -2.15. The molecule has 1 unspecified atom stereocenters. The molecule has 1 aromatic carbocycles. The Hall–Kier alpha value is -1.51. The highest BCUT2D eigenvalue weighted by atomic mass is 16.4. The van der Waals surface area contributed by atoms with Gasteiger partial charge in [-0.25, -0.2) is 0 Å². The molecule has 0 aromatic heterocycles. The van der Waals surface area contributed by atoms with Gasteiger partial charge in [-0.15, -0.1) is 0 Å². The molecule has 3 heteroatoms. The summed E-state index contributed by atoms with van der Waals surface area (Å²) in [6.45, 7) is 5.92. The van der Waals surface area contributed by atoms with E-state index in [0.29, 0.717) is 5.75 Å². The van der Waals surface area contributed by atoms with Crippen molar-refractivity contribution in [2.75, 3.05) is 0 Å². The molecule has 0 radical (unpaired) electrons. The lowest BCUT2D eigenvalue weighted by atomic mass is 9.92. The fourth-order valence-corrected chi connectivity index (χ4v) is 2.30. The first-order chi connectivity index (χ1) is 9.51. The minimum Gasteiger partial charge on any atom is -0.507 e. The first-order valence-corrected chi connectivity index (χ1v) is 7.58. The second kappa shape index (κ2) is 7.93. The molecule has 2 N–H and O–H groups in total. The molecule has 0 bridgehead atoms. The fourth-order valence-electron chi connectivity index (χ4n) is 2.30. The summed E-state index contributed by atoms with van der Waals surface area (Å²) in [6, 6.07) is 3.72. The van der Waals surface area contributed by atoms with E-state index in [9.17, 15) is 15.0 Å². The summed E-state index contributed by atoms with van der Waals surface area (Å²) in [7, 11) is 0. The largest absolute Gasteiger partial charge is 0.507 e. The zero-order valence-corrected chi connectivity index (χ0v) is 12.8. The number of hydrogen-bond acceptors (Lipinski definition) is 2. The maximum atomic E-state index is 11.2. The standard InChI is InChI=1S/C17H26O3/c1-4-6-8-13-10-15(12(3)17(19)20)11-14(16(13)18)9-7-5-2/h10-12,18H,4-9H2,1-3H3,(H,19,20). The van der Waals surface area contributed by atoms with Crippen LogP contribution in [0.15, 0.2) is 12.1 Å². The molecule has 1 atom stereocenters. The van der Waals surface area contributed by atoms with Gasteiger partial charge >= 0.3 is 5.97 Å². The van der Waals surface area contributed by atoms with Crippen molar-refractivity contribution in [2.45, 2.75) is 65.2 Å². The molecule has 0 fully saturated rings. The van der Waals surface area contributed by atoms with E-state index in [0.717, 1.165) is 55.2 Å². The Bertz CT molecular complexity index is 423. The summed E-state index contributed by atoms with van der Waals surface area (Å²) in [5.74, 6) is -0.983. The number of carbonyl (C=O) groups is 1. The van der Waals surface area contributed by atoms with Gasteiger partial charge in [-0.3, -0.25) is 4.79 Å². The molecule has 1 rings (SSSR count). The molecular formula is C17H26O3. The van der Waals surface area contributed by atoms with Crippen molar-refractivity contribution in [2.24, 2.45) is 0 Å². The third-order valence-electron chi connectivity index (χ3n) is 3.76. The molecule has 3 nitrogen and oxygen atoms in total. The van der Waals surface area contributed by atoms with Crippen molar-refractivity contribution in [3.63, 3.8) is 0 Å². The summed E-state index contributed by atoms with van der Waals surface area (Å²) in [5.41, 5.74) is 2.58. The maximum Gasteiger partial charge on any atom is 0.310 e. The van der Waals surface area contributed by atoms with E-state index < -0.39 is 11.9 Å². The van der Waals surface area contributed by atoms with Crippen LogP contribution in [-0.4, -0.2) is 16.2 Å². The lowest BCUT2D eigenvalue weighted by Crippen LogP contribution is -2.09. The average Bonchev–Trinajstić information content (AvgIpc) is 2.43. The summed E-state index contributed by atoms with van der Waals surface area (Å²) in [4.78, 5) is 11.2. The van der Waals surface area contributed by atoms with Crippen molar-refractivity contribution >= 4 is 5.97 Å². The highest BCUT2D eigenvalue weighted by Crippen LogP contribution is 2.30. The number of benzene rings is 1. The summed E-state index contributed by atoms with van der Waals surface area (Å²) >= 11 is 0. The lowest BCUT2D eigenvalue weighted by molar-refractivity contribution is -0.138. The second-order valence-corrected chi connectivity index (χ2v) is 5.45. The van der Waals surface area contributed by atoms with Crippen LogP contribution in [0.25, 0.3) is 0 Å². The molecule has 20 heavy (non-hydrogen) atoms. The van der Waals surface area contributed by atoms with Gasteiger partial charge in [0.1, 0.15) is 5.75 Å². The van der Waals surface area contributed by atoms with Crippen LogP contribution in [0.2, 0.25) is 0 Å². The predicted octanol–water partition coefficient (Wildman–Crippen LogP) is 4.27. The highest BCUT2D eigenvalue weighted by Gasteiger charge is 2.18. The van der Waals surface area contributed by atoms with Gasteiger partial charge in [0.25, 0.3) is 0 Å². The van der Waals surface area contributed by atoms with Crippen molar-refractivity contribution in [1.29, 1.82) is 0 Å². The number of phenolic OH excluding ortho intramolecular Hbond substituents is 1. The molecule has 112 valence electrons. The van der Waals surface area contributed by atoms with Gasteiger partial charge in [0, 0.05) is 0 Å². The van der Waals surface area contributed by atoms with Gasteiger partial charge in [-0.1, -0.05) is 38.8 Å². The number of hydrogen-bond donors (Lipinski definition) is 2. The third kappa shape index (κ3) is 4.26. The van der Waals surface area contributed by atoms with Gasteiger partial charge in [0.05, 0.1) is 5.92 Å². The number of aliphatic carboxylic acids is 1. The van der Waals surface area contributed by atoms with Crippen LogP contribution in [0, 0.1) is 0 Å². The summed E-state index contributed by atoms with van der Waals surface area (Å²) < 4.78 is 0. The van der Waals surface area contributed by atoms with E-state index in [4.69, 9.17) is 0 Å².